The van der Waals surface area contributed by atoms with Crippen molar-refractivity contribution in [3.63, 3.8) is 0 Å². The maximum absolute atomic E-state index is 4.21. The normalized spacial score (nSPS) is 10.6. The van der Waals surface area contributed by atoms with Gasteiger partial charge < -0.3 is 4.98 Å². The molecule has 1 rings (SSSR count). The van der Waals surface area contributed by atoms with Crippen molar-refractivity contribution in [2.75, 3.05) is 0 Å². The van der Waals surface area contributed by atoms with Gasteiger partial charge in [0, 0.05) is 18.8 Å². The highest BCUT2D eigenvalue weighted by molar-refractivity contribution is 4.86. The topological polar surface area (TPSA) is 28.7 Å². The Hall–Kier alpha value is -0.790. The standard InChI is InChI=1S/C12H22N2/c1-2-3-4-5-6-7-8-9-12-13-10-11-14-12/h10-11H,2-9H2,1H3,(H,13,14). The number of unbranched alkanes of at least 4 members (excludes halogenated alkanes) is 6. The third kappa shape index (κ3) is 5.05. The Morgan fingerprint density at radius 3 is 2.43 bits per heavy atom. The zero-order valence-corrected chi connectivity index (χ0v) is 9.26. The smallest absolute Gasteiger partial charge is 0.105 e. The lowest BCUT2D eigenvalue weighted by Gasteiger charge is -1.99. The van der Waals surface area contributed by atoms with Gasteiger partial charge in [0.25, 0.3) is 0 Å². The number of aryl methyl sites for hydroxylation is 1. The van der Waals surface area contributed by atoms with E-state index in [0.717, 1.165) is 12.2 Å². The maximum atomic E-state index is 4.21. The number of nitrogens with zero attached hydrogens (tertiary/aromatic N) is 1. The van der Waals surface area contributed by atoms with Gasteiger partial charge in [0.1, 0.15) is 5.82 Å². The van der Waals surface area contributed by atoms with Gasteiger partial charge in [0.05, 0.1) is 0 Å². The molecule has 0 aromatic carbocycles. The third-order valence-electron chi connectivity index (χ3n) is 2.57. The highest BCUT2D eigenvalue weighted by atomic mass is 14.9. The van der Waals surface area contributed by atoms with Crippen LogP contribution in [0.15, 0.2) is 12.4 Å². The second-order valence-electron chi connectivity index (χ2n) is 3.91. The summed E-state index contributed by atoms with van der Waals surface area (Å²) < 4.78 is 0. The lowest BCUT2D eigenvalue weighted by Crippen LogP contribution is -1.88. The molecular weight excluding hydrogens is 172 g/mol. The molecule has 2 heteroatoms. The minimum absolute atomic E-state index is 1.11. The lowest BCUT2D eigenvalue weighted by atomic mass is 10.1. The van der Waals surface area contributed by atoms with E-state index in [1.807, 2.05) is 12.4 Å². The van der Waals surface area contributed by atoms with Crippen molar-refractivity contribution in [3.05, 3.63) is 18.2 Å². The highest BCUT2D eigenvalue weighted by Crippen LogP contribution is 2.08. The molecule has 0 saturated carbocycles. The van der Waals surface area contributed by atoms with Gasteiger partial charge in [-0.25, -0.2) is 4.98 Å². The molecule has 2 nitrogen and oxygen atoms in total. The van der Waals surface area contributed by atoms with Crippen LogP contribution in [0.3, 0.4) is 0 Å². The van der Waals surface area contributed by atoms with Gasteiger partial charge in [-0.2, -0.15) is 0 Å². The first kappa shape index (κ1) is 11.3. The van der Waals surface area contributed by atoms with Gasteiger partial charge in [-0.05, 0) is 6.42 Å². The number of aromatic nitrogens is 2. The molecule has 1 aromatic rings. The molecule has 0 fully saturated rings. The van der Waals surface area contributed by atoms with Gasteiger partial charge in [0.2, 0.25) is 0 Å². The van der Waals surface area contributed by atoms with E-state index in [0.29, 0.717) is 0 Å². The summed E-state index contributed by atoms with van der Waals surface area (Å²) in [4.78, 5) is 7.35. The molecule has 14 heavy (non-hydrogen) atoms. The Bertz CT molecular complexity index is 204. The van der Waals surface area contributed by atoms with E-state index in [1.165, 1.54) is 44.9 Å². The zero-order valence-electron chi connectivity index (χ0n) is 9.26. The predicted octanol–water partition coefficient (Wildman–Crippen LogP) is 3.70. The maximum Gasteiger partial charge on any atom is 0.105 e. The zero-order chi connectivity index (χ0) is 10.1. The van der Waals surface area contributed by atoms with Crippen LogP contribution in [-0.2, 0) is 6.42 Å². The molecule has 0 aliphatic heterocycles. The summed E-state index contributed by atoms with van der Waals surface area (Å²) in [6.45, 7) is 2.26. The number of aromatic amines is 1. The summed E-state index contributed by atoms with van der Waals surface area (Å²) in [6, 6.07) is 0. The van der Waals surface area contributed by atoms with Crippen molar-refractivity contribution in [1.82, 2.24) is 9.97 Å². The minimum atomic E-state index is 1.11. The van der Waals surface area contributed by atoms with Crippen LogP contribution in [0.2, 0.25) is 0 Å². The largest absolute Gasteiger partial charge is 0.349 e. The molecule has 0 amide bonds. The fraction of sp³-hybridized carbons (Fsp3) is 0.750. The van der Waals surface area contributed by atoms with E-state index in [9.17, 15) is 0 Å². The van der Waals surface area contributed by atoms with Crippen molar-refractivity contribution < 1.29 is 0 Å². The van der Waals surface area contributed by atoms with E-state index in [1.54, 1.807) is 0 Å². The van der Waals surface area contributed by atoms with E-state index in [-0.39, 0.29) is 0 Å². The quantitative estimate of drug-likeness (QED) is 0.628. The highest BCUT2D eigenvalue weighted by Gasteiger charge is 1.94. The predicted molar refractivity (Wildman–Crippen MR) is 60.3 cm³/mol. The van der Waals surface area contributed by atoms with Crippen LogP contribution in [-0.4, -0.2) is 9.97 Å². The van der Waals surface area contributed by atoms with Crippen LogP contribution in [0, 0.1) is 0 Å². The molecule has 0 spiro atoms. The van der Waals surface area contributed by atoms with Gasteiger partial charge in [-0.3, -0.25) is 0 Å². The Labute approximate surface area is 87.1 Å². The molecule has 0 saturated heterocycles. The summed E-state index contributed by atoms with van der Waals surface area (Å²) in [5.74, 6) is 1.14. The molecule has 0 atom stereocenters. The van der Waals surface area contributed by atoms with Crippen molar-refractivity contribution >= 4 is 0 Å². The first-order chi connectivity index (χ1) is 6.93. The fourth-order valence-corrected chi connectivity index (χ4v) is 1.68. The molecule has 0 radical (unpaired) electrons. The van der Waals surface area contributed by atoms with E-state index in [2.05, 4.69) is 16.9 Å². The Balaban J connectivity index is 1.85. The number of hydrogen-bond acceptors (Lipinski definition) is 1. The monoisotopic (exact) mass is 194 g/mol. The van der Waals surface area contributed by atoms with E-state index in [4.69, 9.17) is 0 Å². The van der Waals surface area contributed by atoms with Gasteiger partial charge in [0.15, 0.2) is 0 Å². The number of hydrogen-bond donors (Lipinski definition) is 1. The third-order valence-corrected chi connectivity index (χ3v) is 2.57. The molecule has 80 valence electrons. The Morgan fingerprint density at radius 1 is 1.07 bits per heavy atom. The first-order valence-electron chi connectivity index (χ1n) is 5.91. The van der Waals surface area contributed by atoms with E-state index < -0.39 is 0 Å². The second kappa shape index (κ2) is 7.60. The summed E-state index contributed by atoms with van der Waals surface area (Å²) in [7, 11) is 0. The summed E-state index contributed by atoms with van der Waals surface area (Å²) in [5.41, 5.74) is 0. The van der Waals surface area contributed by atoms with Crippen LogP contribution in [0.5, 0.6) is 0 Å². The Morgan fingerprint density at radius 2 is 1.79 bits per heavy atom. The van der Waals surface area contributed by atoms with Crippen LogP contribution < -0.4 is 0 Å². The fourth-order valence-electron chi connectivity index (χ4n) is 1.68. The van der Waals surface area contributed by atoms with Gasteiger partial charge in [-0.1, -0.05) is 45.4 Å². The molecule has 0 aliphatic rings. The molecule has 1 aromatic heterocycles. The SMILES string of the molecule is CCCCCCCCCc1ncc[nH]1. The molecule has 1 heterocycles. The molecule has 0 bridgehead atoms. The summed E-state index contributed by atoms with van der Waals surface area (Å²) >= 11 is 0. The average molecular weight is 194 g/mol. The number of imidazole rings is 1. The molecule has 0 unspecified atom stereocenters. The summed E-state index contributed by atoms with van der Waals surface area (Å²) in [6.07, 6.45) is 14.4. The van der Waals surface area contributed by atoms with Crippen LogP contribution >= 0.6 is 0 Å². The van der Waals surface area contributed by atoms with Crippen molar-refractivity contribution in [2.24, 2.45) is 0 Å². The number of nitrogens with one attached hydrogen (secondary N) is 1. The van der Waals surface area contributed by atoms with Gasteiger partial charge in [-0.15, -0.1) is 0 Å². The minimum Gasteiger partial charge on any atom is -0.349 e. The first-order valence-corrected chi connectivity index (χ1v) is 5.91. The Kier molecular flexibility index (Phi) is 6.13. The van der Waals surface area contributed by atoms with E-state index >= 15 is 0 Å². The average Bonchev–Trinajstić information content (AvgIpc) is 2.69. The summed E-state index contributed by atoms with van der Waals surface area (Å²) in [5, 5.41) is 0. The van der Waals surface area contributed by atoms with Gasteiger partial charge >= 0.3 is 0 Å². The van der Waals surface area contributed by atoms with Crippen LogP contribution in [0.4, 0.5) is 0 Å². The second-order valence-corrected chi connectivity index (χ2v) is 3.91. The molecule has 1 N–H and O–H groups in total. The number of rotatable bonds is 8. The van der Waals surface area contributed by atoms with Crippen molar-refractivity contribution in [3.8, 4) is 0 Å². The van der Waals surface area contributed by atoms with Crippen LogP contribution in [0.25, 0.3) is 0 Å². The molecular formula is C12H22N2. The number of H-pyrrole nitrogens is 1. The van der Waals surface area contributed by atoms with Crippen molar-refractivity contribution in [2.45, 2.75) is 58.3 Å². The molecule has 0 aliphatic carbocycles. The van der Waals surface area contributed by atoms with Crippen molar-refractivity contribution in [1.29, 1.82) is 0 Å². The lowest BCUT2D eigenvalue weighted by molar-refractivity contribution is 0.585. The van der Waals surface area contributed by atoms with Crippen LogP contribution in [0.1, 0.15) is 57.7 Å².